The Hall–Kier alpha value is -0.960. The molecule has 1 N–H and O–H groups in total. The van der Waals surface area contributed by atoms with E-state index in [1.165, 1.54) is 6.07 Å². The van der Waals surface area contributed by atoms with Gasteiger partial charge >= 0.3 is 0 Å². The second-order valence-corrected chi connectivity index (χ2v) is 4.61. The van der Waals surface area contributed by atoms with Gasteiger partial charge in [-0.05, 0) is 24.5 Å². The number of nitrogens with one attached hydrogen (secondary N) is 1. The van der Waals surface area contributed by atoms with Crippen LogP contribution in [0.1, 0.15) is 56.9 Å². The molecule has 0 fully saturated rings. The van der Waals surface area contributed by atoms with E-state index in [0.717, 1.165) is 11.1 Å². The monoisotopic (exact) mass is 241 g/mol. The van der Waals surface area contributed by atoms with E-state index in [-0.39, 0.29) is 11.6 Å². The fourth-order valence-corrected chi connectivity index (χ4v) is 2.23. The Morgan fingerprint density at radius 3 is 2.18 bits per heavy atom. The molecule has 0 aromatic heterocycles. The molecule has 3 heteroatoms. The average molecular weight is 241 g/mol. The van der Waals surface area contributed by atoms with Gasteiger partial charge in [-0.15, -0.1) is 0 Å². The molecule has 1 aromatic rings. The summed E-state index contributed by atoms with van der Waals surface area (Å²) in [6, 6.07) is 5.61. The molecule has 1 aromatic carbocycles. The number of halogens is 2. The normalized spacial score (nSPS) is 13.4. The summed E-state index contributed by atoms with van der Waals surface area (Å²) in [6.45, 7) is 8.05. The van der Waals surface area contributed by atoms with Crippen molar-refractivity contribution in [3.05, 3.63) is 34.9 Å². The highest BCUT2D eigenvalue weighted by Crippen LogP contribution is 2.29. The molecule has 17 heavy (non-hydrogen) atoms. The summed E-state index contributed by atoms with van der Waals surface area (Å²) >= 11 is 0. The van der Waals surface area contributed by atoms with Crippen LogP contribution in [0.4, 0.5) is 8.78 Å². The van der Waals surface area contributed by atoms with Crippen LogP contribution in [-0.2, 0) is 6.42 Å². The molecule has 0 saturated heterocycles. The van der Waals surface area contributed by atoms with Gasteiger partial charge in [0, 0.05) is 17.6 Å². The van der Waals surface area contributed by atoms with Gasteiger partial charge in [0.05, 0.1) is 0 Å². The second-order valence-electron chi connectivity index (χ2n) is 4.61. The van der Waals surface area contributed by atoms with Crippen LogP contribution in [0, 0.1) is 0 Å². The quantitative estimate of drug-likeness (QED) is 0.812. The highest BCUT2D eigenvalue weighted by atomic mass is 19.3. The van der Waals surface area contributed by atoms with Crippen LogP contribution in [0.25, 0.3) is 0 Å². The van der Waals surface area contributed by atoms with Gasteiger partial charge < -0.3 is 5.32 Å². The molecule has 0 aliphatic rings. The van der Waals surface area contributed by atoms with Crippen molar-refractivity contribution in [1.82, 2.24) is 5.32 Å². The van der Waals surface area contributed by atoms with Gasteiger partial charge in [0.15, 0.2) is 0 Å². The van der Waals surface area contributed by atoms with Crippen molar-refractivity contribution < 1.29 is 8.78 Å². The lowest BCUT2D eigenvalue weighted by molar-refractivity contribution is 0.150. The standard InChI is InChI=1S/C14H21F2N/c1-5-11-12(10(4)17-9(2)3)7-6-8-13(11)14(15)16/h6-10,14,17H,5H2,1-4H3/t10-/m1/s1. The lowest BCUT2D eigenvalue weighted by Gasteiger charge is -2.21. The molecular weight excluding hydrogens is 220 g/mol. The third-order valence-electron chi connectivity index (χ3n) is 2.89. The van der Waals surface area contributed by atoms with Gasteiger partial charge in [0.2, 0.25) is 0 Å². The van der Waals surface area contributed by atoms with Crippen molar-refractivity contribution >= 4 is 0 Å². The van der Waals surface area contributed by atoms with E-state index in [4.69, 9.17) is 0 Å². The number of benzene rings is 1. The van der Waals surface area contributed by atoms with Crippen LogP contribution >= 0.6 is 0 Å². The Morgan fingerprint density at radius 1 is 1.12 bits per heavy atom. The zero-order valence-corrected chi connectivity index (χ0v) is 10.9. The van der Waals surface area contributed by atoms with E-state index in [1.54, 1.807) is 6.07 Å². The molecule has 0 aliphatic heterocycles. The molecule has 0 unspecified atom stereocenters. The summed E-state index contributed by atoms with van der Waals surface area (Å²) in [7, 11) is 0. The van der Waals surface area contributed by atoms with Crippen LogP contribution in [0.5, 0.6) is 0 Å². The molecule has 1 nitrogen and oxygen atoms in total. The fraction of sp³-hybridized carbons (Fsp3) is 0.571. The van der Waals surface area contributed by atoms with Gasteiger partial charge in [-0.25, -0.2) is 8.78 Å². The maximum atomic E-state index is 12.9. The zero-order chi connectivity index (χ0) is 13.0. The highest BCUT2D eigenvalue weighted by molar-refractivity contribution is 5.38. The molecule has 0 spiro atoms. The molecule has 1 rings (SSSR count). The Labute approximate surface area is 102 Å². The lowest BCUT2D eigenvalue weighted by Crippen LogP contribution is -2.27. The zero-order valence-electron chi connectivity index (χ0n) is 10.9. The van der Waals surface area contributed by atoms with Crippen LogP contribution in [0.15, 0.2) is 18.2 Å². The Balaban J connectivity index is 3.10. The largest absolute Gasteiger partial charge is 0.308 e. The minimum atomic E-state index is -2.39. The van der Waals surface area contributed by atoms with Crippen molar-refractivity contribution in [1.29, 1.82) is 0 Å². The van der Waals surface area contributed by atoms with E-state index in [0.29, 0.717) is 12.5 Å². The van der Waals surface area contributed by atoms with Crippen LogP contribution in [-0.4, -0.2) is 6.04 Å². The third-order valence-corrected chi connectivity index (χ3v) is 2.89. The first-order chi connectivity index (χ1) is 7.97. The molecule has 96 valence electrons. The number of hydrogen-bond donors (Lipinski definition) is 1. The van der Waals surface area contributed by atoms with E-state index in [1.807, 2.05) is 19.9 Å². The molecule has 0 aliphatic carbocycles. The SMILES string of the molecule is CCc1c(C(F)F)cccc1[C@@H](C)NC(C)C. The van der Waals surface area contributed by atoms with Crippen LogP contribution < -0.4 is 5.32 Å². The second kappa shape index (κ2) is 6.10. The molecule has 0 bridgehead atoms. The number of alkyl halides is 2. The molecule has 0 amide bonds. The maximum absolute atomic E-state index is 12.9. The van der Waals surface area contributed by atoms with Crippen molar-refractivity contribution in [3.8, 4) is 0 Å². The molecule has 0 radical (unpaired) electrons. The van der Waals surface area contributed by atoms with Gasteiger partial charge in [-0.1, -0.05) is 39.0 Å². The first-order valence-electron chi connectivity index (χ1n) is 6.13. The summed E-state index contributed by atoms with van der Waals surface area (Å²) in [5.41, 5.74) is 1.93. The summed E-state index contributed by atoms with van der Waals surface area (Å²) in [6.07, 6.45) is -1.75. The summed E-state index contributed by atoms with van der Waals surface area (Å²) < 4.78 is 25.8. The van der Waals surface area contributed by atoms with Crippen LogP contribution in [0.3, 0.4) is 0 Å². The fourth-order valence-electron chi connectivity index (χ4n) is 2.23. The summed E-state index contributed by atoms with van der Waals surface area (Å²) in [4.78, 5) is 0. The van der Waals surface area contributed by atoms with Gasteiger partial charge in [0.1, 0.15) is 0 Å². The van der Waals surface area contributed by atoms with Gasteiger partial charge in [-0.2, -0.15) is 0 Å². The predicted octanol–water partition coefficient (Wildman–Crippen LogP) is 4.25. The molecule has 1 atom stereocenters. The Morgan fingerprint density at radius 2 is 1.71 bits per heavy atom. The van der Waals surface area contributed by atoms with Gasteiger partial charge in [-0.3, -0.25) is 0 Å². The first kappa shape index (κ1) is 14.1. The van der Waals surface area contributed by atoms with Crippen molar-refractivity contribution in [2.45, 2.75) is 52.6 Å². The minimum absolute atomic E-state index is 0.101. The number of hydrogen-bond acceptors (Lipinski definition) is 1. The topological polar surface area (TPSA) is 12.0 Å². The van der Waals surface area contributed by atoms with Crippen molar-refractivity contribution in [3.63, 3.8) is 0 Å². The van der Waals surface area contributed by atoms with E-state index in [2.05, 4.69) is 19.2 Å². The molecular formula is C14H21F2N. The smallest absolute Gasteiger partial charge is 0.264 e. The van der Waals surface area contributed by atoms with Gasteiger partial charge in [0.25, 0.3) is 6.43 Å². The molecule has 0 heterocycles. The Bertz CT molecular complexity index is 361. The average Bonchev–Trinajstić information content (AvgIpc) is 2.26. The van der Waals surface area contributed by atoms with Crippen molar-refractivity contribution in [2.24, 2.45) is 0 Å². The van der Waals surface area contributed by atoms with E-state index >= 15 is 0 Å². The molecule has 0 saturated carbocycles. The van der Waals surface area contributed by atoms with E-state index in [9.17, 15) is 8.78 Å². The Kier molecular flexibility index (Phi) is 5.06. The summed E-state index contributed by atoms with van der Waals surface area (Å²) in [5, 5.41) is 3.35. The predicted molar refractivity (Wildman–Crippen MR) is 67.5 cm³/mol. The van der Waals surface area contributed by atoms with Crippen LogP contribution in [0.2, 0.25) is 0 Å². The van der Waals surface area contributed by atoms with Crippen molar-refractivity contribution in [2.75, 3.05) is 0 Å². The summed E-state index contributed by atoms with van der Waals surface area (Å²) in [5.74, 6) is 0. The number of rotatable bonds is 5. The lowest BCUT2D eigenvalue weighted by atomic mass is 9.94. The minimum Gasteiger partial charge on any atom is -0.308 e. The first-order valence-corrected chi connectivity index (χ1v) is 6.13. The maximum Gasteiger partial charge on any atom is 0.264 e. The highest BCUT2D eigenvalue weighted by Gasteiger charge is 2.17. The third kappa shape index (κ3) is 3.50. The van der Waals surface area contributed by atoms with E-state index < -0.39 is 6.43 Å².